The van der Waals surface area contributed by atoms with Crippen molar-refractivity contribution >= 4 is 68.1 Å². The maximum atomic E-state index is 13.0. The van der Waals surface area contributed by atoms with Gasteiger partial charge < -0.3 is 46.1 Å². The molecule has 12 rings (SSSR count). The van der Waals surface area contributed by atoms with Gasteiger partial charge in [0, 0.05) is 97.8 Å². The van der Waals surface area contributed by atoms with Gasteiger partial charge in [-0.15, -0.1) is 0 Å². The first-order valence-electron chi connectivity index (χ1n) is 29.2. The summed E-state index contributed by atoms with van der Waals surface area (Å²) in [6, 6.07) is 58.8. The maximum Gasteiger partial charge on any atom is 0.410 e. The lowest BCUT2D eigenvalue weighted by molar-refractivity contribution is -0.141. The van der Waals surface area contributed by atoms with Gasteiger partial charge in [0.1, 0.15) is 28.4 Å². The Morgan fingerprint density at radius 1 is 0.472 bits per heavy atom. The monoisotopic (exact) mass is 1200 g/mol. The number of pyridine rings is 3. The van der Waals surface area contributed by atoms with Crippen LogP contribution in [0.25, 0.3) is 32.3 Å². The molecule has 0 radical (unpaired) electrons. The predicted octanol–water partition coefficient (Wildman–Crippen LogP) is 12.9. The van der Waals surface area contributed by atoms with E-state index in [1.165, 1.54) is 10.5 Å². The van der Waals surface area contributed by atoms with Crippen LogP contribution in [0, 0.1) is 5.92 Å². The van der Waals surface area contributed by atoms with Crippen molar-refractivity contribution in [1.29, 1.82) is 0 Å². The van der Waals surface area contributed by atoms with E-state index in [0.717, 1.165) is 56.5 Å². The van der Waals surface area contributed by atoms with Gasteiger partial charge >= 0.3 is 18.2 Å². The van der Waals surface area contributed by atoms with Crippen LogP contribution in [0.2, 0.25) is 0 Å². The second kappa shape index (κ2) is 30.3. The average molecular weight is 1200 g/mol. The summed E-state index contributed by atoms with van der Waals surface area (Å²) < 4.78 is 10.9. The van der Waals surface area contributed by atoms with Gasteiger partial charge in [0.25, 0.3) is 11.8 Å². The number of carboxylic acids is 1. The lowest BCUT2D eigenvalue weighted by atomic mass is 9.89. The first-order valence-corrected chi connectivity index (χ1v) is 29.2. The number of carbonyl (C=O) groups excluding carboxylic acids is 4. The number of carboxylic acid groups (broad SMARTS) is 1. The number of hydrogen-bond donors (Lipinski definition) is 5. The van der Waals surface area contributed by atoms with E-state index in [1.54, 1.807) is 50.3 Å². The number of nitrogen functional groups attached to an aromatic ring is 1. The summed E-state index contributed by atoms with van der Waals surface area (Å²) in [7, 11) is 0. The number of ether oxygens (including phenoxy) is 2. The highest BCUT2D eigenvalue weighted by Gasteiger charge is 2.42. The van der Waals surface area contributed by atoms with Gasteiger partial charge in [-0.1, -0.05) is 179 Å². The third kappa shape index (κ3) is 18.2. The number of nitrogens with zero attached hydrogens (tertiary/aromatic N) is 5. The van der Waals surface area contributed by atoms with Crippen molar-refractivity contribution in [1.82, 2.24) is 40.7 Å². The average Bonchev–Trinajstić information content (AvgIpc) is 1.96. The molecule has 0 saturated carbocycles. The fourth-order valence-corrected chi connectivity index (χ4v) is 10.9. The Bertz CT molecular complexity index is 3820. The van der Waals surface area contributed by atoms with E-state index < -0.39 is 29.2 Å². The fraction of sp³-hybridized carbons (Fsp3) is 0.306. The molecule has 4 amide bonds. The van der Waals surface area contributed by atoms with Gasteiger partial charge in [-0.3, -0.25) is 24.4 Å². The van der Waals surface area contributed by atoms with E-state index >= 15 is 0 Å². The van der Waals surface area contributed by atoms with Crippen LogP contribution in [-0.2, 0) is 14.3 Å². The molecule has 6 heterocycles. The summed E-state index contributed by atoms with van der Waals surface area (Å²) in [5.41, 5.74) is 8.45. The Hall–Kier alpha value is -9.74. The fourth-order valence-electron chi connectivity index (χ4n) is 10.9. The molecule has 17 nitrogen and oxygen atoms in total. The van der Waals surface area contributed by atoms with Crippen molar-refractivity contribution in [3.05, 3.63) is 229 Å². The zero-order valence-corrected chi connectivity index (χ0v) is 49.9. The molecule has 0 unspecified atom stereocenters. The number of aromatic nitrogens is 3. The summed E-state index contributed by atoms with van der Waals surface area (Å²) in [6.07, 6.45) is 4.43. The topological polar surface area (TPSA) is 231 Å². The lowest BCUT2D eigenvalue weighted by Crippen LogP contribution is -2.41. The van der Waals surface area contributed by atoms with Gasteiger partial charge in [0.2, 0.25) is 0 Å². The van der Waals surface area contributed by atoms with Crippen LogP contribution < -0.4 is 21.7 Å². The third-order valence-electron chi connectivity index (χ3n) is 15.2. The molecule has 9 aromatic rings. The number of rotatable bonds is 8. The van der Waals surface area contributed by atoms with Crippen molar-refractivity contribution in [2.24, 2.45) is 5.92 Å². The SMILES string of the molecule is C.C.CC(C)(C)OC(=O)N1C[C@@H](C(=O)O)[C@H](c2ccccc2)C1.CC(C)(C)OC(=O)N1C[C@@H](NC(=O)c2cc3ccccc3cn2)[C@H](c2ccccc2)C1.Nc1cc2ccccc2cn1.O=C(N[C@@H]1CNC[C@H]1c1ccccc1)c1cc2ccccc2cn1. The van der Waals surface area contributed by atoms with E-state index in [1.807, 2.05) is 185 Å². The smallest absolute Gasteiger partial charge is 0.410 e. The van der Waals surface area contributed by atoms with E-state index in [2.05, 4.69) is 43.0 Å². The number of aliphatic carboxylic acids is 1. The van der Waals surface area contributed by atoms with E-state index in [9.17, 15) is 29.1 Å². The molecule has 0 aliphatic carbocycles. The first-order chi connectivity index (χ1) is 41.7. The number of nitrogens with one attached hydrogen (secondary N) is 3. The third-order valence-corrected chi connectivity index (χ3v) is 15.2. The molecule has 3 aliphatic rings. The van der Waals surface area contributed by atoms with E-state index in [4.69, 9.17) is 15.2 Å². The summed E-state index contributed by atoms with van der Waals surface area (Å²) in [4.78, 5) is 77.7. The molecule has 6 N–H and O–H groups in total. The molecule has 3 saturated heterocycles. The number of likely N-dealkylation sites (tertiary alicyclic amines) is 2. The van der Waals surface area contributed by atoms with Gasteiger partial charge in [0.05, 0.1) is 12.0 Å². The number of nitrogens with two attached hydrogens (primary N) is 1. The molecule has 6 atom stereocenters. The number of fused-ring (bicyclic) bond motifs is 3. The van der Waals surface area contributed by atoms with Gasteiger partial charge in [-0.25, -0.2) is 14.6 Å². The molecule has 6 aromatic carbocycles. The quantitative estimate of drug-likeness (QED) is 0.0954. The molecule has 89 heavy (non-hydrogen) atoms. The Labute approximate surface area is 522 Å². The number of amides is 4. The summed E-state index contributed by atoms with van der Waals surface area (Å²) in [5.74, 6) is -1.21. The summed E-state index contributed by atoms with van der Waals surface area (Å²) in [5, 5.41) is 25.3. The van der Waals surface area contributed by atoms with Crippen LogP contribution in [0.5, 0.6) is 0 Å². The lowest BCUT2D eigenvalue weighted by Gasteiger charge is -2.24. The van der Waals surface area contributed by atoms with Crippen molar-refractivity contribution in [2.75, 3.05) is 45.0 Å². The molecule has 17 heteroatoms. The molecular weight excluding hydrogens is 1120 g/mol. The Morgan fingerprint density at radius 2 is 0.843 bits per heavy atom. The first kappa shape index (κ1) is 66.8. The number of hydrogen-bond acceptors (Lipinski definition) is 12. The van der Waals surface area contributed by atoms with Crippen molar-refractivity contribution < 1.29 is 38.6 Å². The van der Waals surface area contributed by atoms with Crippen molar-refractivity contribution in [3.63, 3.8) is 0 Å². The standard InChI is InChI=1S/C25H27N3O3.C20H19N3O.C16H21NO4.C9H8N2.2CH4/c1-25(2,3)31-24(30)28-15-20(17-9-5-4-6-10-17)22(16-28)27-23(29)21-13-18-11-7-8-12-19(18)14-26-21;24-20(18-10-15-8-4-5-9-16(15)11-22-18)23-19-13-21-12-17(19)14-6-2-1-3-7-14;1-16(2,3)21-15(20)17-9-12(13(10-17)14(18)19)11-7-5-4-6-8-11;10-9-5-7-3-1-2-4-8(7)6-11-9;;/h4-14,20,22H,15-16H2,1-3H3,(H,27,29);1-11,17,19,21H,12-13H2,(H,23,24);4-8,12-13H,9-10H2,1-3H3,(H,18,19);1-6H,(H2,10,11);2*1H4/t20-,22+;17-,19+;12-,13+;;;/m000.../s1. The largest absolute Gasteiger partial charge is 0.481 e. The van der Waals surface area contributed by atoms with Crippen molar-refractivity contribution in [3.8, 4) is 0 Å². The van der Waals surface area contributed by atoms with Crippen LogP contribution >= 0.6 is 0 Å². The number of carbonyl (C=O) groups is 5. The minimum atomic E-state index is -0.880. The van der Waals surface area contributed by atoms with E-state index in [-0.39, 0.29) is 69.1 Å². The van der Waals surface area contributed by atoms with Crippen LogP contribution in [0.4, 0.5) is 15.4 Å². The van der Waals surface area contributed by atoms with Gasteiger partial charge in [0.15, 0.2) is 0 Å². The highest BCUT2D eigenvalue weighted by atomic mass is 16.6. The second-order valence-corrected chi connectivity index (χ2v) is 23.9. The summed E-state index contributed by atoms with van der Waals surface area (Å²) >= 11 is 0. The van der Waals surface area contributed by atoms with Crippen LogP contribution in [0.1, 0.15) is 112 Å². The molecule has 0 bridgehead atoms. The number of anilines is 1. The highest BCUT2D eigenvalue weighted by Crippen LogP contribution is 2.34. The van der Waals surface area contributed by atoms with Crippen LogP contribution in [0.3, 0.4) is 0 Å². The summed E-state index contributed by atoms with van der Waals surface area (Å²) in [6.45, 7) is 14.0. The van der Waals surface area contributed by atoms with Gasteiger partial charge in [-0.05, 0) is 92.6 Å². The van der Waals surface area contributed by atoms with Gasteiger partial charge in [-0.2, -0.15) is 0 Å². The zero-order chi connectivity index (χ0) is 61.7. The molecule has 3 fully saturated rings. The zero-order valence-electron chi connectivity index (χ0n) is 49.9. The number of benzene rings is 6. The minimum Gasteiger partial charge on any atom is -0.481 e. The Balaban J connectivity index is 0.000000176. The normalized spacial score (nSPS) is 18.4. The van der Waals surface area contributed by atoms with Crippen molar-refractivity contribution in [2.45, 2.75) is 97.4 Å². The highest BCUT2D eigenvalue weighted by molar-refractivity contribution is 5.97. The molecule has 3 aromatic heterocycles. The Kier molecular flexibility index (Phi) is 22.7. The second-order valence-electron chi connectivity index (χ2n) is 23.9. The predicted molar refractivity (Wildman–Crippen MR) is 353 cm³/mol. The van der Waals surface area contributed by atoms with Crippen LogP contribution in [0.15, 0.2) is 201 Å². The van der Waals surface area contributed by atoms with E-state index in [0.29, 0.717) is 36.8 Å². The Morgan fingerprint density at radius 3 is 1.29 bits per heavy atom. The van der Waals surface area contributed by atoms with Crippen LogP contribution in [-0.4, -0.2) is 122 Å². The minimum absolute atomic E-state index is 0. The molecule has 464 valence electrons. The molecular formula is C72H83N9O8. The molecule has 0 spiro atoms. The maximum absolute atomic E-state index is 13.0. The molecule has 3 aliphatic heterocycles.